The van der Waals surface area contributed by atoms with Gasteiger partial charge in [0, 0.05) is 18.6 Å². The molecule has 2 heterocycles. The molecule has 0 radical (unpaired) electrons. The molecule has 0 bridgehead atoms. The van der Waals surface area contributed by atoms with Gasteiger partial charge in [-0.2, -0.15) is 13.2 Å². The second kappa shape index (κ2) is 5.28. The van der Waals surface area contributed by atoms with Crippen molar-refractivity contribution >= 4 is 5.91 Å². The predicted octanol–water partition coefficient (Wildman–Crippen LogP) is 2.11. The first-order valence-electron chi connectivity index (χ1n) is 5.62. The number of rotatable bonds is 3. The van der Waals surface area contributed by atoms with Gasteiger partial charge in [0.15, 0.2) is 0 Å². The van der Waals surface area contributed by atoms with Crippen molar-refractivity contribution in [3.63, 3.8) is 0 Å². The van der Waals surface area contributed by atoms with Crippen LogP contribution in [0.1, 0.15) is 22.7 Å². The van der Waals surface area contributed by atoms with E-state index in [1.54, 1.807) is 12.1 Å². The number of aromatic nitrogens is 2. The van der Waals surface area contributed by atoms with Gasteiger partial charge in [-0.3, -0.25) is 14.8 Å². The Bertz CT molecular complexity index is 614. The Kier molecular flexibility index (Phi) is 3.69. The van der Waals surface area contributed by atoms with Gasteiger partial charge < -0.3 is 5.73 Å². The van der Waals surface area contributed by atoms with Gasteiger partial charge in [0.25, 0.3) is 0 Å². The van der Waals surface area contributed by atoms with Gasteiger partial charge in [-0.15, -0.1) is 0 Å². The molecule has 0 aromatic carbocycles. The number of nitrogens with two attached hydrogens (primary N) is 1. The maximum absolute atomic E-state index is 12.7. The maximum atomic E-state index is 12.7. The monoisotopic (exact) mass is 281 g/mol. The van der Waals surface area contributed by atoms with Gasteiger partial charge in [-0.1, -0.05) is 6.07 Å². The lowest BCUT2D eigenvalue weighted by molar-refractivity contribution is -0.137. The van der Waals surface area contributed by atoms with Gasteiger partial charge in [-0.05, 0) is 23.8 Å². The van der Waals surface area contributed by atoms with Crippen molar-refractivity contribution in [1.82, 2.24) is 9.97 Å². The van der Waals surface area contributed by atoms with Gasteiger partial charge in [-0.25, -0.2) is 0 Å². The lowest BCUT2D eigenvalue weighted by Crippen LogP contribution is -2.24. The molecule has 0 aliphatic carbocycles. The highest BCUT2D eigenvalue weighted by Crippen LogP contribution is 2.31. The number of nitrogens with zero attached hydrogens (tertiary/aromatic N) is 2. The Hall–Kier alpha value is -2.44. The smallest absolute Gasteiger partial charge is 0.369 e. The number of amides is 1. The first-order valence-corrected chi connectivity index (χ1v) is 5.62. The zero-order valence-electron chi connectivity index (χ0n) is 10.1. The van der Waals surface area contributed by atoms with E-state index in [0.29, 0.717) is 5.56 Å². The third-order valence-electron chi connectivity index (χ3n) is 2.71. The highest BCUT2D eigenvalue weighted by Gasteiger charge is 2.32. The van der Waals surface area contributed by atoms with E-state index < -0.39 is 23.6 Å². The zero-order chi connectivity index (χ0) is 14.8. The van der Waals surface area contributed by atoms with Crippen LogP contribution in [0.2, 0.25) is 0 Å². The van der Waals surface area contributed by atoms with Crippen LogP contribution in [-0.4, -0.2) is 15.9 Å². The minimum Gasteiger partial charge on any atom is -0.369 e. The quantitative estimate of drug-likeness (QED) is 0.936. The first-order chi connectivity index (χ1) is 9.39. The van der Waals surface area contributed by atoms with E-state index in [1.807, 2.05) is 0 Å². The van der Waals surface area contributed by atoms with Crippen molar-refractivity contribution in [2.75, 3.05) is 0 Å². The van der Waals surface area contributed by atoms with Crippen LogP contribution in [-0.2, 0) is 11.0 Å². The predicted molar refractivity (Wildman–Crippen MR) is 64.5 cm³/mol. The van der Waals surface area contributed by atoms with Crippen LogP contribution in [0.3, 0.4) is 0 Å². The molecule has 0 spiro atoms. The summed E-state index contributed by atoms with van der Waals surface area (Å²) in [5, 5.41) is 0. The molecule has 4 nitrogen and oxygen atoms in total. The summed E-state index contributed by atoms with van der Waals surface area (Å²) in [7, 11) is 0. The average molecular weight is 281 g/mol. The zero-order valence-corrected chi connectivity index (χ0v) is 10.1. The molecule has 0 saturated heterocycles. The van der Waals surface area contributed by atoms with Crippen LogP contribution in [0.25, 0.3) is 0 Å². The van der Waals surface area contributed by atoms with E-state index in [1.165, 1.54) is 12.4 Å². The number of primary amides is 1. The third-order valence-corrected chi connectivity index (χ3v) is 2.71. The molecule has 20 heavy (non-hydrogen) atoms. The van der Waals surface area contributed by atoms with Crippen molar-refractivity contribution < 1.29 is 18.0 Å². The van der Waals surface area contributed by atoms with E-state index in [0.717, 1.165) is 18.3 Å². The molecule has 2 aromatic heterocycles. The fourth-order valence-electron chi connectivity index (χ4n) is 1.81. The molecule has 7 heteroatoms. The molecule has 2 rings (SSSR count). The molecule has 2 aromatic rings. The SMILES string of the molecule is NC(=O)C(c1cccnc1)c1cc(C(F)(F)F)ccn1. The van der Waals surface area contributed by atoms with Crippen LogP contribution in [0, 0.1) is 0 Å². The van der Waals surface area contributed by atoms with Crippen molar-refractivity contribution in [2.45, 2.75) is 12.1 Å². The van der Waals surface area contributed by atoms with E-state index in [2.05, 4.69) is 9.97 Å². The molecule has 0 fully saturated rings. The normalized spacial score (nSPS) is 12.9. The van der Waals surface area contributed by atoms with E-state index in [9.17, 15) is 18.0 Å². The number of halogens is 3. The Morgan fingerprint density at radius 3 is 2.55 bits per heavy atom. The van der Waals surface area contributed by atoms with Gasteiger partial charge in [0.2, 0.25) is 5.91 Å². The lowest BCUT2D eigenvalue weighted by atomic mass is 9.95. The van der Waals surface area contributed by atoms with Crippen LogP contribution in [0.15, 0.2) is 42.9 Å². The van der Waals surface area contributed by atoms with Crippen molar-refractivity contribution in [1.29, 1.82) is 0 Å². The molecule has 0 aliphatic heterocycles. The topological polar surface area (TPSA) is 68.9 Å². The molecule has 1 unspecified atom stereocenters. The molecular formula is C13H10F3N3O. The summed E-state index contributed by atoms with van der Waals surface area (Å²) in [5.41, 5.74) is 4.73. The average Bonchev–Trinajstić information content (AvgIpc) is 2.39. The minimum atomic E-state index is -4.51. The van der Waals surface area contributed by atoms with E-state index in [4.69, 9.17) is 5.73 Å². The summed E-state index contributed by atoms with van der Waals surface area (Å²) in [6.07, 6.45) is -0.641. The number of alkyl halides is 3. The van der Waals surface area contributed by atoms with Gasteiger partial charge >= 0.3 is 6.18 Å². The molecule has 1 amide bonds. The van der Waals surface area contributed by atoms with Crippen molar-refractivity contribution in [3.05, 3.63) is 59.7 Å². The first kappa shape index (κ1) is 14.0. The fourth-order valence-corrected chi connectivity index (χ4v) is 1.81. The fraction of sp³-hybridized carbons (Fsp3) is 0.154. The van der Waals surface area contributed by atoms with Crippen LogP contribution in [0.4, 0.5) is 13.2 Å². The highest BCUT2D eigenvalue weighted by molar-refractivity contribution is 5.85. The largest absolute Gasteiger partial charge is 0.416 e. The minimum absolute atomic E-state index is 0.0553. The standard InChI is InChI=1S/C13H10F3N3O/c14-13(15,16)9-3-5-19-10(6-9)11(12(17)20)8-2-1-4-18-7-8/h1-7,11H,(H2,17,20). The van der Waals surface area contributed by atoms with E-state index in [-0.39, 0.29) is 5.69 Å². The summed E-state index contributed by atoms with van der Waals surface area (Å²) in [6, 6.07) is 4.79. The number of hydrogen-bond acceptors (Lipinski definition) is 3. The second-order valence-corrected chi connectivity index (χ2v) is 4.09. The summed E-state index contributed by atoms with van der Waals surface area (Å²) in [6.45, 7) is 0. The Morgan fingerprint density at radius 1 is 1.25 bits per heavy atom. The number of pyridine rings is 2. The maximum Gasteiger partial charge on any atom is 0.416 e. The van der Waals surface area contributed by atoms with E-state index >= 15 is 0 Å². The highest BCUT2D eigenvalue weighted by atomic mass is 19.4. The second-order valence-electron chi connectivity index (χ2n) is 4.09. The molecule has 2 N–H and O–H groups in total. The van der Waals surface area contributed by atoms with Crippen molar-refractivity contribution in [3.8, 4) is 0 Å². The Balaban J connectivity index is 2.49. The molecule has 0 saturated carbocycles. The lowest BCUT2D eigenvalue weighted by Gasteiger charge is -2.14. The molecule has 0 aliphatic rings. The summed E-state index contributed by atoms with van der Waals surface area (Å²) in [5.74, 6) is -1.85. The van der Waals surface area contributed by atoms with Crippen LogP contribution < -0.4 is 5.73 Å². The van der Waals surface area contributed by atoms with Crippen LogP contribution in [0.5, 0.6) is 0 Å². The summed E-state index contributed by atoms with van der Waals surface area (Å²) in [4.78, 5) is 19.2. The van der Waals surface area contributed by atoms with Crippen molar-refractivity contribution in [2.24, 2.45) is 5.73 Å². The van der Waals surface area contributed by atoms with Gasteiger partial charge in [0.1, 0.15) is 5.92 Å². The summed E-state index contributed by atoms with van der Waals surface area (Å²) < 4.78 is 38.0. The Labute approximate surface area is 112 Å². The Morgan fingerprint density at radius 2 is 2.00 bits per heavy atom. The van der Waals surface area contributed by atoms with Gasteiger partial charge in [0.05, 0.1) is 11.3 Å². The summed E-state index contributed by atoms with van der Waals surface area (Å²) >= 11 is 0. The number of hydrogen-bond donors (Lipinski definition) is 1. The molecule has 1 atom stereocenters. The van der Waals surface area contributed by atoms with Crippen LogP contribution >= 0.6 is 0 Å². The molecule has 104 valence electrons. The third kappa shape index (κ3) is 2.93. The number of carbonyl (C=O) groups is 1. The number of carbonyl (C=O) groups excluding carboxylic acids is 1. The molecular weight excluding hydrogens is 271 g/mol.